The van der Waals surface area contributed by atoms with Gasteiger partial charge in [0.1, 0.15) is 12.4 Å². The summed E-state index contributed by atoms with van der Waals surface area (Å²) in [5.41, 5.74) is 0. The first-order chi connectivity index (χ1) is 21.6. The number of nitrogens with zero attached hydrogens (tertiary/aromatic N) is 8. The Bertz CT molecular complexity index is 1290. The molecule has 3 radical (unpaired) electrons. The number of aliphatic hydroxyl groups is 1. The van der Waals surface area contributed by atoms with Gasteiger partial charge >= 0.3 is 35.5 Å². The topological polar surface area (TPSA) is 204 Å². The van der Waals surface area contributed by atoms with Crippen molar-refractivity contribution in [2.75, 3.05) is 35.5 Å². The van der Waals surface area contributed by atoms with Crippen molar-refractivity contribution in [2.24, 2.45) is 0 Å². The van der Waals surface area contributed by atoms with Crippen molar-refractivity contribution in [3.8, 4) is 23.0 Å². The van der Waals surface area contributed by atoms with Crippen molar-refractivity contribution in [1.29, 1.82) is 0 Å². The first kappa shape index (κ1) is 63.4. The second-order valence-electron chi connectivity index (χ2n) is 6.88. The second-order valence-corrected chi connectivity index (χ2v) is 10.0. The first-order valence-corrected chi connectivity index (χ1v) is 15.3. The molecule has 16 nitrogen and oxygen atoms in total. The molecular weight excluding hydrogens is 784 g/mol. The molecule has 0 spiro atoms. The fraction of sp³-hybridized carbons (Fsp3) is 0.393. The molecule has 4 aromatic heterocycles. The van der Waals surface area contributed by atoms with Crippen molar-refractivity contribution in [3.05, 3.63) is 72.3 Å². The Balaban J connectivity index is -0.0000000769. The molecule has 0 bridgehead atoms. The average Bonchev–Trinajstić information content (AvgIpc) is 3.09. The molecule has 0 aliphatic heterocycles. The molecule has 0 saturated heterocycles. The zero-order chi connectivity index (χ0) is 34.0. The number of esters is 1. The third-order valence-electron chi connectivity index (χ3n) is 4.16. The number of methoxy groups -OCH3 is 5. The largest absolute Gasteiger partial charge is 1.00 e. The number of halogens is 4. The van der Waals surface area contributed by atoms with Crippen LogP contribution >= 0.6 is 44.6 Å². The molecule has 0 amide bonds. The Labute approximate surface area is 347 Å². The van der Waals surface area contributed by atoms with Crippen LogP contribution in [0.15, 0.2) is 49.6 Å². The molecule has 4 heterocycles. The van der Waals surface area contributed by atoms with Gasteiger partial charge in [0.15, 0.2) is 28.8 Å². The number of hydrogen-bond donors (Lipinski definition) is 1. The monoisotopic (exact) mass is 827 g/mol. The van der Waals surface area contributed by atoms with E-state index in [9.17, 15) is 4.79 Å². The maximum Gasteiger partial charge on any atom is 1.00 e. The zero-order valence-electron chi connectivity index (χ0n) is 26.9. The van der Waals surface area contributed by atoms with E-state index < -0.39 is 15.2 Å². The van der Waals surface area contributed by atoms with E-state index in [1.54, 1.807) is 26.6 Å². The number of hydrogen-bond acceptors (Lipinski definition) is 16. The minimum Gasteiger partial charge on any atom is -1.00 e. The third kappa shape index (κ3) is 31.8. The van der Waals surface area contributed by atoms with Gasteiger partial charge in [-0.15, -0.1) is 11.6 Å². The molecule has 0 unspecified atom stereocenters. The molecule has 4 rings (SSSR count). The van der Waals surface area contributed by atoms with Crippen molar-refractivity contribution in [3.63, 3.8) is 0 Å². The molecule has 51 heavy (non-hydrogen) atoms. The van der Waals surface area contributed by atoms with E-state index in [2.05, 4.69) is 66.0 Å². The Morgan fingerprint density at radius 2 is 0.941 bits per heavy atom. The summed E-state index contributed by atoms with van der Waals surface area (Å²) < 4.78 is 32.7. The Morgan fingerprint density at radius 1 is 0.667 bits per heavy atom. The van der Waals surface area contributed by atoms with Gasteiger partial charge in [-0.05, 0) is 11.6 Å². The summed E-state index contributed by atoms with van der Waals surface area (Å²) >= 11 is 10.8. The number of carbonyl (C=O) groups excluding carboxylic acids is 1. The van der Waals surface area contributed by atoms with E-state index in [1.165, 1.54) is 58.5 Å². The van der Waals surface area contributed by atoms with Crippen LogP contribution in [0, 0.1) is 0 Å². The number of rotatable bonds is 7. The average molecular weight is 829 g/mol. The Morgan fingerprint density at radius 3 is 1.20 bits per heavy atom. The van der Waals surface area contributed by atoms with E-state index in [1.807, 2.05) is 0 Å². The van der Waals surface area contributed by atoms with E-state index >= 15 is 0 Å². The maximum absolute atomic E-state index is 10.8. The molecule has 283 valence electrons. The first-order valence-electron chi connectivity index (χ1n) is 11.6. The van der Waals surface area contributed by atoms with Gasteiger partial charge in [-0.25, -0.2) is 48.9 Å². The van der Waals surface area contributed by atoms with Crippen molar-refractivity contribution in [1.82, 2.24) is 39.9 Å². The fourth-order valence-electron chi connectivity index (χ4n) is 2.07. The van der Waals surface area contributed by atoms with Crippen LogP contribution < -0.4 is 48.5 Å². The quantitative estimate of drug-likeness (QED) is 0.0936. The van der Waals surface area contributed by atoms with Crippen LogP contribution in [-0.2, 0) is 26.5 Å². The smallest absolute Gasteiger partial charge is 1.00 e. The van der Waals surface area contributed by atoms with Gasteiger partial charge < -0.3 is 30.2 Å². The summed E-state index contributed by atoms with van der Waals surface area (Å²) in [5.74, 6) is 3.18. The van der Waals surface area contributed by atoms with Crippen LogP contribution in [0.1, 0.15) is 53.4 Å². The van der Waals surface area contributed by atoms with Gasteiger partial charge in [0.25, 0.3) is 0 Å². The van der Waals surface area contributed by atoms with Gasteiger partial charge in [-0.3, -0.25) is 0 Å². The summed E-state index contributed by atoms with van der Waals surface area (Å²) in [4.78, 5) is 41.0. The van der Waals surface area contributed by atoms with Crippen LogP contribution in [0.5, 0.6) is 23.0 Å². The van der Waals surface area contributed by atoms with Crippen LogP contribution in [0.25, 0.3) is 0 Å². The van der Waals surface area contributed by atoms with Crippen molar-refractivity contribution in [2.45, 2.75) is 42.2 Å². The van der Waals surface area contributed by atoms with Crippen LogP contribution in [0.4, 0.5) is 0 Å². The number of carbonyl (C=O) groups is 1. The van der Waals surface area contributed by atoms with Gasteiger partial charge in [0, 0.05) is 29.8 Å². The van der Waals surface area contributed by atoms with Crippen molar-refractivity contribution >= 4 is 68.2 Å². The summed E-state index contributed by atoms with van der Waals surface area (Å²) in [6, 6.07) is 0. The molecule has 0 aromatic carbocycles. The number of aromatic nitrogens is 8. The molecule has 4 aromatic rings. The molecule has 23 heteroatoms. The number of aliphatic hydroxyl groups excluding tert-OH is 1. The number of alkyl halides is 1. The van der Waals surface area contributed by atoms with E-state index in [0.29, 0.717) is 40.5 Å². The summed E-state index contributed by atoms with van der Waals surface area (Å²) in [6.07, 6.45) is 12.0. The van der Waals surface area contributed by atoms with Gasteiger partial charge in [0.2, 0.25) is 20.3 Å². The van der Waals surface area contributed by atoms with Gasteiger partial charge in [0.05, 0.1) is 91.0 Å². The minimum absolute atomic E-state index is 0. The van der Waals surface area contributed by atoms with E-state index in [4.69, 9.17) is 51.5 Å². The van der Waals surface area contributed by atoms with Gasteiger partial charge in [-0.2, -0.15) is 0 Å². The summed E-state index contributed by atoms with van der Waals surface area (Å²) in [6.45, 7) is -0.135. The summed E-state index contributed by atoms with van der Waals surface area (Å²) in [5, 5.41) is 8.77. The molecule has 0 atom stereocenters. The standard InChI is InChI=1S/C7H8N2O3.C6H7ClN2O.C6H8N2O2.C5H5ClN2O.4CH4.B.Cl2OS.Na.H/c1-11-5-3-8-6(9-4-5)7(10)12-2;1-10-5-3-8-6(2-7)9-4-5;1-10-5-2-7-6(4-9)8-3-5;1-9-4-2-7-5(6)8-3-4;;;;;;1-4(2)3;;/h3-4H,1-2H3;3-4H,2H2,1H3;2-3,9H,4H2,1H3;2-3H,1H3;4*1H4;;;;/q;;;;;;;;;;+1;-1. The Hall–Kier alpha value is -2.68. The normalized spacial score (nSPS) is 8.14. The fourth-order valence-corrected chi connectivity index (χ4v) is 2.31. The minimum atomic E-state index is -1.67. The predicted octanol–water partition coefficient (Wildman–Crippen LogP) is 2.93. The van der Waals surface area contributed by atoms with E-state index in [-0.39, 0.29) is 86.8 Å². The molecule has 0 fully saturated rings. The Kier molecular flexibility index (Phi) is 49.8. The molecule has 0 aliphatic carbocycles. The van der Waals surface area contributed by atoms with E-state index in [0.717, 1.165) is 0 Å². The van der Waals surface area contributed by atoms with Gasteiger partial charge in [-0.1, -0.05) is 29.7 Å². The third-order valence-corrected chi connectivity index (χ3v) is 4.59. The molecule has 1 N–H and O–H groups in total. The second kappa shape index (κ2) is 40.1. The van der Waals surface area contributed by atoms with Crippen LogP contribution in [0.2, 0.25) is 5.28 Å². The summed E-state index contributed by atoms with van der Waals surface area (Å²) in [7, 11) is 14.8. The molecule has 0 saturated carbocycles. The van der Waals surface area contributed by atoms with Crippen LogP contribution in [0.3, 0.4) is 0 Å². The molecular formula is C28H45BCl4N8NaO8S. The molecule has 0 aliphatic rings. The zero-order valence-corrected chi connectivity index (χ0v) is 31.8. The predicted molar refractivity (Wildman–Crippen MR) is 200 cm³/mol. The van der Waals surface area contributed by atoms with Crippen LogP contribution in [-0.4, -0.2) is 99.1 Å². The SMILES string of the molecule is C.C.C.C.COC(=O)c1ncc(OC)cn1.COc1cnc(CCl)nc1.COc1cnc(CO)nc1.COc1cnc(Cl)nc1.O=S(Cl)Cl.[B].[H-].[Na+]. The van der Waals surface area contributed by atoms with Crippen molar-refractivity contribution < 1.29 is 68.8 Å². The maximum atomic E-state index is 10.8. The number of ether oxygens (including phenoxy) is 5.